The van der Waals surface area contributed by atoms with Gasteiger partial charge in [0, 0.05) is 50.4 Å². The van der Waals surface area contributed by atoms with Crippen LogP contribution in [0.25, 0.3) is 0 Å². The van der Waals surface area contributed by atoms with Crippen molar-refractivity contribution >= 4 is 23.7 Å². The van der Waals surface area contributed by atoms with Crippen LogP contribution in [0, 0.1) is 0 Å². The largest absolute Gasteiger partial charge is 0.460 e. The third kappa shape index (κ3) is 8.07. The van der Waals surface area contributed by atoms with Gasteiger partial charge in [-0.25, -0.2) is 4.79 Å². The Bertz CT molecular complexity index is 976. The molecule has 206 valence electrons. The molecule has 0 bridgehead atoms. The molecule has 2 amide bonds. The van der Waals surface area contributed by atoms with E-state index in [0.29, 0.717) is 44.7 Å². The predicted octanol–water partition coefficient (Wildman–Crippen LogP) is 3.12. The summed E-state index contributed by atoms with van der Waals surface area (Å²) in [4.78, 5) is 43.6. The summed E-state index contributed by atoms with van der Waals surface area (Å²) < 4.78 is 16.4. The van der Waals surface area contributed by atoms with E-state index in [9.17, 15) is 14.4 Å². The summed E-state index contributed by atoms with van der Waals surface area (Å²) in [5.74, 6) is -0.381. The Morgan fingerprint density at radius 1 is 1.00 bits per heavy atom. The lowest BCUT2D eigenvalue weighted by Crippen LogP contribution is -2.50. The number of nitrogens with zero attached hydrogens (tertiary/aromatic N) is 3. The third-order valence-electron chi connectivity index (χ3n) is 6.19. The van der Waals surface area contributed by atoms with Gasteiger partial charge in [0.15, 0.2) is 0 Å². The topological polar surface area (TPSA) is 115 Å². The Kier molecular flexibility index (Phi) is 9.07. The van der Waals surface area contributed by atoms with Crippen molar-refractivity contribution < 1.29 is 28.6 Å². The van der Waals surface area contributed by atoms with Crippen molar-refractivity contribution in [3.05, 3.63) is 29.3 Å². The number of carbonyl (C=O) groups excluding carboxylic acids is 3. The first-order valence-corrected chi connectivity index (χ1v) is 12.9. The van der Waals surface area contributed by atoms with Crippen LogP contribution in [0.4, 0.5) is 10.5 Å². The van der Waals surface area contributed by atoms with Crippen LogP contribution in [-0.2, 0) is 25.5 Å². The molecule has 1 aromatic carbocycles. The van der Waals surface area contributed by atoms with Crippen molar-refractivity contribution in [3.63, 3.8) is 0 Å². The van der Waals surface area contributed by atoms with Crippen LogP contribution in [0.3, 0.4) is 0 Å². The van der Waals surface area contributed by atoms with E-state index in [1.807, 2.05) is 59.7 Å². The van der Waals surface area contributed by atoms with Crippen molar-refractivity contribution in [1.29, 1.82) is 0 Å². The maximum absolute atomic E-state index is 13.2. The Balaban J connectivity index is 1.63. The number of amides is 2. The predicted molar refractivity (Wildman–Crippen MR) is 140 cm³/mol. The zero-order valence-corrected chi connectivity index (χ0v) is 23.0. The highest BCUT2D eigenvalue weighted by atomic mass is 16.6. The molecule has 1 aromatic rings. The van der Waals surface area contributed by atoms with Gasteiger partial charge in [-0.05, 0) is 71.7 Å². The van der Waals surface area contributed by atoms with Crippen molar-refractivity contribution in [3.8, 4) is 0 Å². The van der Waals surface area contributed by atoms with Gasteiger partial charge in [0.05, 0.1) is 19.4 Å². The number of anilines is 1. The zero-order chi connectivity index (χ0) is 27.4. The Morgan fingerprint density at radius 2 is 1.65 bits per heavy atom. The summed E-state index contributed by atoms with van der Waals surface area (Å²) in [6.07, 6.45) is 0.316. The fourth-order valence-corrected chi connectivity index (χ4v) is 4.51. The summed E-state index contributed by atoms with van der Waals surface area (Å²) in [5, 5.41) is 0. The standard InChI is InChI=1S/C27H42N4O6/c1-26(2,3)36-23(32)10-8-21(17-35-18-28)31-16-19-15-20(7-9-22(19)24(31)33)29-11-13-30(14-12-29)25(34)37-27(4,5)6/h7,9,15,21H,8,10-14,16-18,28H2,1-6H3/t21-/m0/s1. The fraction of sp³-hybridized carbons (Fsp3) is 0.667. The van der Waals surface area contributed by atoms with Crippen molar-refractivity contribution in [2.24, 2.45) is 5.73 Å². The summed E-state index contributed by atoms with van der Waals surface area (Å²) in [7, 11) is 0. The van der Waals surface area contributed by atoms with Gasteiger partial charge >= 0.3 is 12.1 Å². The van der Waals surface area contributed by atoms with Crippen LogP contribution in [-0.4, -0.2) is 84.5 Å². The normalized spacial score (nSPS) is 17.1. The second-order valence-corrected chi connectivity index (χ2v) is 11.5. The number of esters is 1. The minimum Gasteiger partial charge on any atom is -0.460 e. The second-order valence-electron chi connectivity index (χ2n) is 11.5. The molecular weight excluding hydrogens is 476 g/mol. The number of carbonyl (C=O) groups is 3. The molecule has 0 aromatic heterocycles. The van der Waals surface area contributed by atoms with Gasteiger partial charge in [-0.1, -0.05) is 0 Å². The monoisotopic (exact) mass is 518 g/mol. The molecule has 2 aliphatic rings. The molecule has 2 N–H and O–H groups in total. The van der Waals surface area contributed by atoms with Gasteiger partial charge in [0.1, 0.15) is 11.2 Å². The first-order valence-electron chi connectivity index (χ1n) is 12.9. The van der Waals surface area contributed by atoms with Crippen LogP contribution in [0.2, 0.25) is 0 Å². The molecule has 0 spiro atoms. The van der Waals surface area contributed by atoms with E-state index in [4.69, 9.17) is 19.9 Å². The smallest absolute Gasteiger partial charge is 0.410 e. The van der Waals surface area contributed by atoms with Crippen molar-refractivity contribution in [1.82, 2.24) is 9.80 Å². The first kappa shape index (κ1) is 28.7. The first-order chi connectivity index (χ1) is 17.3. The van der Waals surface area contributed by atoms with E-state index in [0.717, 1.165) is 11.3 Å². The summed E-state index contributed by atoms with van der Waals surface area (Å²) in [6, 6.07) is 5.57. The number of fused-ring (bicyclic) bond motifs is 1. The van der Waals surface area contributed by atoms with Crippen LogP contribution >= 0.6 is 0 Å². The Morgan fingerprint density at radius 3 is 2.24 bits per heavy atom. The van der Waals surface area contributed by atoms with Gasteiger partial charge in [-0.2, -0.15) is 0 Å². The molecule has 0 unspecified atom stereocenters. The number of hydrogen-bond donors (Lipinski definition) is 1. The van der Waals surface area contributed by atoms with E-state index in [1.165, 1.54) is 0 Å². The van der Waals surface area contributed by atoms with Gasteiger partial charge in [0.25, 0.3) is 5.91 Å². The molecule has 1 fully saturated rings. The van der Waals surface area contributed by atoms with Gasteiger partial charge < -0.3 is 34.6 Å². The molecule has 3 rings (SSSR count). The molecule has 1 saturated heterocycles. The third-order valence-corrected chi connectivity index (χ3v) is 6.19. The number of rotatable bonds is 8. The average Bonchev–Trinajstić information content (AvgIpc) is 3.12. The van der Waals surface area contributed by atoms with E-state index < -0.39 is 11.2 Å². The van der Waals surface area contributed by atoms with Crippen molar-refractivity contribution in [2.75, 3.05) is 44.4 Å². The van der Waals surface area contributed by atoms with Gasteiger partial charge in [-0.3, -0.25) is 9.59 Å². The quantitative estimate of drug-likeness (QED) is 0.412. The lowest BCUT2D eigenvalue weighted by atomic mass is 10.1. The molecule has 2 heterocycles. The molecule has 37 heavy (non-hydrogen) atoms. The summed E-state index contributed by atoms with van der Waals surface area (Å²) in [6.45, 7) is 14.3. The molecule has 2 aliphatic heterocycles. The molecular formula is C27H42N4O6. The molecule has 0 radical (unpaired) electrons. The van der Waals surface area contributed by atoms with Gasteiger partial charge in [-0.15, -0.1) is 0 Å². The van der Waals surface area contributed by atoms with Gasteiger partial charge in [0.2, 0.25) is 0 Å². The minimum atomic E-state index is -0.561. The number of ether oxygens (including phenoxy) is 3. The van der Waals surface area contributed by atoms with Crippen molar-refractivity contribution in [2.45, 2.75) is 78.2 Å². The van der Waals surface area contributed by atoms with Crippen LogP contribution in [0.5, 0.6) is 0 Å². The summed E-state index contributed by atoms with van der Waals surface area (Å²) >= 11 is 0. The fourth-order valence-electron chi connectivity index (χ4n) is 4.51. The number of piperazine rings is 1. The Hall–Kier alpha value is -2.85. The molecule has 10 nitrogen and oxygen atoms in total. The SMILES string of the molecule is CC(C)(C)OC(=O)CC[C@@H](COCN)N1Cc2cc(N3CCN(C(=O)OC(C)(C)C)CC3)ccc2C1=O. The molecule has 1 atom stereocenters. The maximum atomic E-state index is 13.2. The maximum Gasteiger partial charge on any atom is 0.410 e. The minimum absolute atomic E-state index is 0.0390. The molecule has 0 aliphatic carbocycles. The lowest BCUT2D eigenvalue weighted by molar-refractivity contribution is -0.155. The van der Waals surface area contributed by atoms with E-state index in [-0.39, 0.29) is 43.8 Å². The number of benzene rings is 1. The van der Waals surface area contributed by atoms with E-state index in [2.05, 4.69) is 4.90 Å². The highest BCUT2D eigenvalue weighted by Crippen LogP contribution is 2.30. The molecule has 0 saturated carbocycles. The average molecular weight is 519 g/mol. The van der Waals surface area contributed by atoms with Crippen LogP contribution in [0.15, 0.2) is 18.2 Å². The van der Waals surface area contributed by atoms with E-state index >= 15 is 0 Å². The molecule has 10 heteroatoms. The highest BCUT2D eigenvalue weighted by Gasteiger charge is 2.34. The Labute approximate surface area is 220 Å². The van der Waals surface area contributed by atoms with Crippen LogP contribution in [0.1, 0.15) is 70.3 Å². The zero-order valence-electron chi connectivity index (χ0n) is 23.0. The number of nitrogens with two attached hydrogens (primary N) is 1. The highest BCUT2D eigenvalue weighted by molar-refractivity contribution is 5.99. The van der Waals surface area contributed by atoms with Crippen LogP contribution < -0.4 is 10.6 Å². The second kappa shape index (κ2) is 11.7. The lowest BCUT2D eigenvalue weighted by Gasteiger charge is -2.36. The van der Waals surface area contributed by atoms with E-state index in [1.54, 1.807) is 9.80 Å². The summed E-state index contributed by atoms with van der Waals surface area (Å²) in [5.41, 5.74) is 7.07. The number of hydrogen-bond acceptors (Lipinski definition) is 8.